The number of urea groups is 1. The van der Waals surface area contributed by atoms with Crippen molar-refractivity contribution in [2.75, 3.05) is 24.5 Å². The second-order valence-corrected chi connectivity index (χ2v) is 6.88. The third kappa shape index (κ3) is 5.48. The molecular formula is C20H31N3O2. The monoisotopic (exact) mass is 345 g/mol. The average Bonchev–Trinajstić information content (AvgIpc) is 2.96. The van der Waals surface area contributed by atoms with E-state index in [1.807, 2.05) is 36.1 Å². The van der Waals surface area contributed by atoms with Gasteiger partial charge in [-0.1, -0.05) is 44.4 Å². The van der Waals surface area contributed by atoms with Crippen molar-refractivity contribution in [3.8, 4) is 0 Å². The largest absolute Gasteiger partial charge is 0.333 e. The summed E-state index contributed by atoms with van der Waals surface area (Å²) in [5.41, 5.74) is 2.07. The zero-order chi connectivity index (χ0) is 18.2. The molecule has 2 rings (SSSR count). The van der Waals surface area contributed by atoms with E-state index in [1.54, 1.807) is 4.90 Å². The zero-order valence-electron chi connectivity index (χ0n) is 15.8. The summed E-state index contributed by atoms with van der Waals surface area (Å²) in [6.45, 7) is 8.40. The first-order valence-electron chi connectivity index (χ1n) is 9.47. The Morgan fingerprint density at radius 1 is 1.16 bits per heavy atom. The van der Waals surface area contributed by atoms with E-state index < -0.39 is 0 Å². The first-order chi connectivity index (χ1) is 12.0. The maximum Gasteiger partial charge on any atom is 0.317 e. The Morgan fingerprint density at radius 3 is 2.32 bits per heavy atom. The number of carbonyl (C=O) groups is 2. The average molecular weight is 345 g/mol. The predicted octanol–water partition coefficient (Wildman–Crippen LogP) is 3.71. The molecular weight excluding hydrogens is 314 g/mol. The molecule has 1 atom stereocenters. The predicted molar refractivity (Wildman–Crippen MR) is 102 cm³/mol. The number of carbonyl (C=O) groups excluding carboxylic acids is 2. The molecule has 0 unspecified atom stereocenters. The smallest absolute Gasteiger partial charge is 0.317 e. The summed E-state index contributed by atoms with van der Waals surface area (Å²) >= 11 is 0. The molecule has 5 heteroatoms. The number of amides is 3. The van der Waals surface area contributed by atoms with Gasteiger partial charge in [0.05, 0.1) is 6.04 Å². The molecule has 1 aliphatic rings. The molecule has 3 amide bonds. The van der Waals surface area contributed by atoms with Crippen molar-refractivity contribution in [3.63, 3.8) is 0 Å². The lowest BCUT2D eigenvalue weighted by Gasteiger charge is -2.25. The van der Waals surface area contributed by atoms with Gasteiger partial charge >= 0.3 is 6.03 Å². The Labute approximate surface area is 151 Å². The highest BCUT2D eigenvalue weighted by atomic mass is 16.2. The fourth-order valence-electron chi connectivity index (χ4n) is 3.06. The topological polar surface area (TPSA) is 52.7 Å². The van der Waals surface area contributed by atoms with Gasteiger partial charge in [-0.15, -0.1) is 0 Å². The SMILES string of the molecule is CCCCN(CCCC)C(=O)N[C@@H]1CC(=O)N(c2ccc(C)cc2)C1. The molecule has 1 heterocycles. The van der Waals surface area contributed by atoms with Crippen LogP contribution in [0.5, 0.6) is 0 Å². The van der Waals surface area contributed by atoms with Crippen LogP contribution in [0, 0.1) is 6.92 Å². The second kappa shape index (κ2) is 9.44. The number of hydrogen-bond donors (Lipinski definition) is 1. The quantitative estimate of drug-likeness (QED) is 0.781. The van der Waals surface area contributed by atoms with Gasteiger partial charge in [0.2, 0.25) is 5.91 Å². The Bertz CT molecular complexity index is 563. The van der Waals surface area contributed by atoms with E-state index in [9.17, 15) is 9.59 Å². The van der Waals surface area contributed by atoms with Crippen molar-refractivity contribution in [3.05, 3.63) is 29.8 Å². The van der Waals surface area contributed by atoms with E-state index in [0.29, 0.717) is 13.0 Å². The first kappa shape index (κ1) is 19.3. The van der Waals surface area contributed by atoms with Crippen molar-refractivity contribution >= 4 is 17.6 Å². The highest BCUT2D eigenvalue weighted by Gasteiger charge is 2.32. The molecule has 1 fully saturated rings. The van der Waals surface area contributed by atoms with Crippen LogP contribution in [0.25, 0.3) is 0 Å². The molecule has 138 valence electrons. The van der Waals surface area contributed by atoms with Crippen molar-refractivity contribution < 1.29 is 9.59 Å². The maximum atomic E-state index is 12.6. The minimum atomic E-state index is -0.118. The van der Waals surface area contributed by atoms with Gasteiger partial charge in [-0.3, -0.25) is 4.79 Å². The molecule has 0 radical (unpaired) electrons. The highest BCUT2D eigenvalue weighted by molar-refractivity contribution is 5.96. The van der Waals surface area contributed by atoms with Crippen LogP contribution < -0.4 is 10.2 Å². The Hall–Kier alpha value is -2.04. The minimum absolute atomic E-state index is 0.0366. The van der Waals surface area contributed by atoms with Crippen molar-refractivity contribution in [2.24, 2.45) is 0 Å². The molecule has 0 saturated carbocycles. The zero-order valence-corrected chi connectivity index (χ0v) is 15.8. The van der Waals surface area contributed by atoms with E-state index in [0.717, 1.165) is 44.5 Å². The summed E-state index contributed by atoms with van der Waals surface area (Å²) in [5.74, 6) is 0.0721. The van der Waals surface area contributed by atoms with Crippen LogP contribution in [-0.2, 0) is 4.79 Å². The lowest BCUT2D eigenvalue weighted by molar-refractivity contribution is -0.117. The van der Waals surface area contributed by atoms with Gasteiger partial charge < -0.3 is 15.1 Å². The van der Waals surface area contributed by atoms with Crippen LogP contribution >= 0.6 is 0 Å². The van der Waals surface area contributed by atoms with Crippen molar-refractivity contribution in [1.82, 2.24) is 10.2 Å². The minimum Gasteiger partial charge on any atom is -0.333 e. The molecule has 0 spiro atoms. The van der Waals surface area contributed by atoms with Crippen molar-refractivity contribution in [1.29, 1.82) is 0 Å². The Kier molecular flexibility index (Phi) is 7.29. The number of nitrogens with zero attached hydrogens (tertiary/aromatic N) is 2. The van der Waals surface area contributed by atoms with E-state index in [-0.39, 0.29) is 18.0 Å². The molecule has 25 heavy (non-hydrogen) atoms. The molecule has 0 aliphatic carbocycles. The van der Waals surface area contributed by atoms with Crippen LogP contribution in [0.3, 0.4) is 0 Å². The number of anilines is 1. The number of unbranched alkanes of at least 4 members (excludes halogenated alkanes) is 2. The van der Waals surface area contributed by atoms with Crippen LogP contribution in [0.15, 0.2) is 24.3 Å². The standard InChI is InChI=1S/C20H31N3O2/c1-4-6-12-22(13-7-5-2)20(25)21-17-14-19(24)23(15-17)18-10-8-16(3)9-11-18/h8-11,17H,4-7,12-15H2,1-3H3,(H,21,25)/t17-/m1/s1. The lowest BCUT2D eigenvalue weighted by atomic mass is 10.2. The van der Waals surface area contributed by atoms with Gasteiger partial charge in [0.1, 0.15) is 0 Å². The Morgan fingerprint density at radius 2 is 1.76 bits per heavy atom. The van der Waals surface area contributed by atoms with Crippen LogP contribution in [-0.4, -0.2) is 42.5 Å². The summed E-state index contributed by atoms with van der Waals surface area (Å²) in [4.78, 5) is 28.6. The maximum absolute atomic E-state index is 12.6. The lowest BCUT2D eigenvalue weighted by Crippen LogP contribution is -2.46. The molecule has 1 saturated heterocycles. The first-order valence-corrected chi connectivity index (χ1v) is 9.47. The summed E-state index contributed by atoms with van der Waals surface area (Å²) in [7, 11) is 0. The van der Waals surface area contributed by atoms with E-state index in [1.165, 1.54) is 5.56 Å². The molecule has 5 nitrogen and oxygen atoms in total. The van der Waals surface area contributed by atoms with Gasteiger partial charge in [0, 0.05) is 31.7 Å². The van der Waals surface area contributed by atoms with Crippen LogP contribution in [0.2, 0.25) is 0 Å². The number of aryl methyl sites for hydroxylation is 1. The summed E-state index contributed by atoms with van der Waals surface area (Å²) in [6.07, 6.45) is 4.53. The second-order valence-electron chi connectivity index (χ2n) is 6.88. The molecule has 1 N–H and O–H groups in total. The third-order valence-electron chi connectivity index (χ3n) is 4.65. The van der Waals surface area contributed by atoms with Crippen LogP contribution in [0.4, 0.5) is 10.5 Å². The molecule has 1 aliphatic heterocycles. The fraction of sp³-hybridized carbons (Fsp3) is 0.600. The number of rotatable bonds is 8. The Balaban J connectivity index is 1.94. The van der Waals surface area contributed by atoms with Gasteiger partial charge in [-0.2, -0.15) is 0 Å². The third-order valence-corrected chi connectivity index (χ3v) is 4.65. The van der Waals surface area contributed by atoms with Gasteiger partial charge in [-0.05, 0) is 31.9 Å². The number of hydrogen-bond acceptors (Lipinski definition) is 2. The summed E-state index contributed by atoms with van der Waals surface area (Å²) < 4.78 is 0. The van der Waals surface area contributed by atoms with E-state index >= 15 is 0 Å². The van der Waals surface area contributed by atoms with E-state index in [2.05, 4.69) is 19.2 Å². The van der Waals surface area contributed by atoms with E-state index in [4.69, 9.17) is 0 Å². The molecule has 1 aromatic rings. The highest BCUT2D eigenvalue weighted by Crippen LogP contribution is 2.22. The van der Waals surface area contributed by atoms with Gasteiger partial charge in [-0.25, -0.2) is 4.79 Å². The fourth-order valence-corrected chi connectivity index (χ4v) is 3.06. The normalized spacial score (nSPS) is 17.0. The number of nitrogens with one attached hydrogen (secondary N) is 1. The summed E-state index contributed by atoms with van der Waals surface area (Å²) in [5, 5.41) is 3.06. The number of benzene rings is 1. The van der Waals surface area contributed by atoms with Gasteiger partial charge in [0.25, 0.3) is 0 Å². The van der Waals surface area contributed by atoms with Crippen molar-refractivity contribution in [2.45, 2.75) is 58.9 Å². The van der Waals surface area contributed by atoms with Crippen LogP contribution in [0.1, 0.15) is 51.5 Å². The van der Waals surface area contributed by atoms with Gasteiger partial charge in [0.15, 0.2) is 0 Å². The molecule has 1 aromatic carbocycles. The molecule has 0 aromatic heterocycles. The summed E-state index contributed by atoms with van der Waals surface area (Å²) in [6, 6.07) is 7.79. The molecule has 0 bridgehead atoms.